The van der Waals surface area contributed by atoms with Crippen molar-refractivity contribution in [3.63, 3.8) is 0 Å². The molecule has 0 radical (unpaired) electrons. The summed E-state index contributed by atoms with van der Waals surface area (Å²) in [5.74, 6) is 0.296. The summed E-state index contributed by atoms with van der Waals surface area (Å²) in [5.41, 5.74) is 4.15. The number of amides is 1. The number of benzene rings is 3. The van der Waals surface area contributed by atoms with Crippen molar-refractivity contribution in [2.75, 3.05) is 43.4 Å². The smallest absolute Gasteiger partial charge is 0.294 e. The van der Waals surface area contributed by atoms with Crippen LogP contribution in [0, 0.1) is 0 Å². The van der Waals surface area contributed by atoms with Gasteiger partial charge in [-0.25, -0.2) is 0 Å². The van der Waals surface area contributed by atoms with E-state index in [0.29, 0.717) is 87.2 Å². The molecule has 3 aromatic carbocycles. The molecule has 22 heteroatoms. The van der Waals surface area contributed by atoms with E-state index in [1.54, 1.807) is 12.1 Å². The summed E-state index contributed by atoms with van der Waals surface area (Å²) in [6, 6.07) is 14.2. The monoisotopic (exact) mass is 1130 g/mol. The molecule has 76 heavy (non-hydrogen) atoms. The van der Waals surface area contributed by atoms with Crippen LogP contribution >= 0.6 is 0 Å². The number of carbonyl (C=O) groups excluding carboxylic acids is 1. The van der Waals surface area contributed by atoms with Crippen molar-refractivity contribution in [3.8, 4) is 5.75 Å². The normalized spacial score (nSPS) is 17.8. The summed E-state index contributed by atoms with van der Waals surface area (Å²) in [4.78, 5) is 13.8. The van der Waals surface area contributed by atoms with Gasteiger partial charge >= 0.3 is 0 Å². The lowest BCUT2D eigenvalue weighted by atomic mass is 9.81. The third-order valence-corrected chi connectivity index (χ3v) is 17.6. The van der Waals surface area contributed by atoms with E-state index in [2.05, 4.69) is 22.1 Å². The molecule has 0 spiro atoms. The van der Waals surface area contributed by atoms with Crippen molar-refractivity contribution in [1.29, 1.82) is 0 Å². The number of hydrogen-bond donors (Lipinski definition) is 6. The SMILES string of the molecule is CCNCCCCCCNC(=O)CCCCC[N+]1=C(C=CC2=C(Oc3ccc(S(=O)(=O)O)cc3)C(=CC=C3N(CCCCS(=O)(=O)O)c4ccc(S(=O)(=O)O)cc4C3(C)C)CCC2)C(C)(C)c2cc(S(=O)(=O)O)ccc21. The van der Waals surface area contributed by atoms with E-state index in [0.717, 1.165) is 73.4 Å². The summed E-state index contributed by atoms with van der Waals surface area (Å²) >= 11 is 0. The van der Waals surface area contributed by atoms with Crippen molar-refractivity contribution in [3.05, 3.63) is 119 Å². The van der Waals surface area contributed by atoms with Gasteiger partial charge in [-0.2, -0.15) is 38.2 Å². The van der Waals surface area contributed by atoms with E-state index < -0.39 is 57.1 Å². The minimum absolute atomic E-state index is 0.0170. The highest BCUT2D eigenvalue weighted by Gasteiger charge is 2.45. The van der Waals surface area contributed by atoms with Crippen LogP contribution in [-0.2, 0) is 56.1 Å². The Morgan fingerprint density at radius 2 is 1.30 bits per heavy atom. The molecule has 0 aromatic heterocycles. The lowest BCUT2D eigenvalue weighted by Crippen LogP contribution is -2.28. The number of hydrogen-bond acceptors (Lipinski definition) is 12. The molecule has 0 saturated heterocycles. The zero-order chi connectivity index (χ0) is 55.7. The number of fused-ring (bicyclic) bond motifs is 2. The van der Waals surface area contributed by atoms with E-state index in [-0.39, 0.29) is 32.8 Å². The van der Waals surface area contributed by atoms with Crippen molar-refractivity contribution in [2.45, 2.75) is 144 Å². The molecule has 2 heterocycles. The van der Waals surface area contributed by atoms with Crippen LogP contribution < -0.4 is 20.3 Å². The predicted molar refractivity (Wildman–Crippen MR) is 293 cm³/mol. The second-order valence-corrected chi connectivity index (χ2v) is 26.3. The number of ether oxygens (including phenoxy) is 1. The molecular weight excluding hydrogens is 1060 g/mol. The van der Waals surface area contributed by atoms with E-state index in [9.17, 15) is 56.7 Å². The number of nitrogens with zero attached hydrogens (tertiary/aromatic N) is 2. The Hall–Kier alpha value is -5.04. The van der Waals surface area contributed by atoms with Gasteiger partial charge in [0.15, 0.2) is 5.71 Å². The number of carbonyl (C=O) groups is 1. The van der Waals surface area contributed by atoms with Gasteiger partial charge in [-0.05, 0) is 168 Å². The number of unbranched alkanes of at least 4 members (excludes halogenated alkanes) is 6. The Balaban J connectivity index is 1.36. The molecule has 1 aliphatic carbocycles. The first kappa shape index (κ1) is 60.2. The summed E-state index contributed by atoms with van der Waals surface area (Å²) in [6.45, 7) is 13.3. The van der Waals surface area contributed by atoms with Crippen LogP contribution in [0.25, 0.3) is 0 Å². The first-order valence-electron chi connectivity index (χ1n) is 25.8. The summed E-state index contributed by atoms with van der Waals surface area (Å²) in [6.07, 6.45) is 16.7. The molecule has 0 saturated carbocycles. The highest BCUT2D eigenvalue weighted by atomic mass is 32.2. The van der Waals surface area contributed by atoms with Gasteiger partial charge in [0, 0.05) is 60.4 Å². The van der Waals surface area contributed by atoms with Crippen LogP contribution in [0.4, 0.5) is 11.4 Å². The topological polar surface area (TPSA) is 274 Å². The number of rotatable bonds is 27. The second kappa shape index (κ2) is 25.2. The first-order valence-corrected chi connectivity index (χ1v) is 31.7. The van der Waals surface area contributed by atoms with Gasteiger partial charge in [-0.1, -0.05) is 39.7 Å². The van der Waals surface area contributed by atoms with Gasteiger partial charge in [0.2, 0.25) is 11.6 Å². The molecule has 1 amide bonds. The number of anilines is 1. The van der Waals surface area contributed by atoms with Gasteiger partial charge in [0.1, 0.15) is 18.1 Å². The Morgan fingerprint density at radius 1 is 0.684 bits per heavy atom. The molecule has 2 aliphatic heterocycles. The first-order chi connectivity index (χ1) is 35.6. The minimum atomic E-state index is -4.57. The molecule has 3 aliphatic rings. The maximum atomic E-state index is 12.7. The fraction of sp³-hybridized carbons (Fsp3) is 0.481. The minimum Gasteiger partial charge on any atom is -0.457 e. The molecule has 416 valence electrons. The molecular formula is C54H73N4O14S4+. The third kappa shape index (κ3) is 15.6. The zero-order valence-corrected chi connectivity index (χ0v) is 47.2. The van der Waals surface area contributed by atoms with Gasteiger partial charge in [-0.15, -0.1) is 0 Å². The molecule has 6 rings (SSSR count). The van der Waals surface area contributed by atoms with Gasteiger partial charge < -0.3 is 20.3 Å². The van der Waals surface area contributed by atoms with E-state index in [4.69, 9.17) is 4.74 Å². The molecule has 3 aromatic rings. The highest BCUT2D eigenvalue weighted by Crippen LogP contribution is 2.49. The van der Waals surface area contributed by atoms with Crippen molar-refractivity contribution in [1.82, 2.24) is 10.6 Å². The van der Waals surface area contributed by atoms with Crippen LogP contribution in [0.5, 0.6) is 5.75 Å². The Morgan fingerprint density at radius 3 is 1.95 bits per heavy atom. The maximum Gasteiger partial charge on any atom is 0.294 e. The molecule has 0 fully saturated rings. The van der Waals surface area contributed by atoms with Crippen molar-refractivity contribution >= 4 is 63.5 Å². The average Bonchev–Trinajstić information content (AvgIpc) is 3.69. The van der Waals surface area contributed by atoms with Crippen LogP contribution in [0.15, 0.2) is 122 Å². The van der Waals surface area contributed by atoms with Gasteiger partial charge in [0.25, 0.3) is 40.5 Å². The average molecular weight is 1130 g/mol. The standard InChI is InChI=1S/C54H72N4O14S4/c1-6-55-32-11-7-8-12-33-56-51(59)19-10-9-13-34-57-47-28-26-43(75(66,67)68)37-45(47)53(2,3)49(57)30-20-39-17-16-18-40(52(39)72-41-22-24-42(25-23-41)74(63,64)65)21-31-50-54(4,5)46-38-44(76(69,70)71)27-29-48(46)58(50)35-14-15-36-73(60,61)62/h20-31,37-38,55H,6-19,32-36H2,1-5H3,(H4-,56,59,60,61,62,63,64,65,66,67,68,69,70,71)/p+1. The highest BCUT2D eigenvalue weighted by molar-refractivity contribution is 7.86. The number of allylic oxidation sites excluding steroid dienone is 7. The second-order valence-electron chi connectivity index (χ2n) is 20.5. The van der Waals surface area contributed by atoms with Crippen LogP contribution in [0.3, 0.4) is 0 Å². The third-order valence-electron chi connectivity index (χ3n) is 14.2. The quantitative estimate of drug-likeness (QED) is 0.0236. The Bertz CT molecular complexity index is 3250. The Labute approximate surface area is 449 Å². The predicted octanol–water partition coefficient (Wildman–Crippen LogP) is 9.00. The Kier molecular flexibility index (Phi) is 19.9. The largest absolute Gasteiger partial charge is 0.457 e. The van der Waals surface area contributed by atoms with Crippen LogP contribution in [0.1, 0.15) is 129 Å². The van der Waals surface area contributed by atoms with E-state index in [1.165, 1.54) is 48.5 Å². The van der Waals surface area contributed by atoms with Gasteiger partial charge in [0.05, 0.1) is 25.9 Å². The summed E-state index contributed by atoms with van der Waals surface area (Å²) in [7, 11) is -17.8. The molecule has 18 nitrogen and oxygen atoms in total. The van der Waals surface area contributed by atoms with E-state index in [1.807, 2.05) is 56.9 Å². The maximum absolute atomic E-state index is 12.7. The molecule has 0 atom stereocenters. The lowest BCUT2D eigenvalue weighted by molar-refractivity contribution is -0.438. The van der Waals surface area contributed by atoms with E-state index >= 15 is 0 Å². The molecule has 6 N–H and O–H groups in total. The fourth-order valence-corrected chi connectivity index (χ4v) is 12.2. The van der Waals surface area contributed by atoms with Crippen LogP contribution in [-0.4, -0.2) is 107 Å². The molecule has 0 bridgehead atoms. The van der Waals surface area contributed by atoms with Crippen LogP contribution in [0.2, 0.25) is 0 Å². The lowest BCUT2D eigenvalue weighted by Gasteiger charge is -2.27. The zero-order valence-electron chi connectivity index (χ0n) is 43.9. The van der Waals surface area contributed by atoms with Crippen molar-refractivity contribution < 1.29 is 66.0 Å². The summed E-state index contributed by atoms with van der Waals surface area (Å²) < 4.78 is 145. The van der Waals surface area contributed by atoms with Gasteiger partial charge in [-0.3, -0.25) is 23.0 Å². The number of nitrogens with one attached hydrogen (secondary N) is 2. The fourth-order valence-electron chi connectivity index (χ4n) is 10.1. The summed E-state index contributed by atoms with van der Waals surface area (Å²) in [5, 5.41) is 6.36. The van der Waals surface area contributed by atoms with Crippen molar-refractivity contribution in [2.24, 2.45) is 0 Å². The molecule has 0 unspecified atom stereocenters.